The van der Waals surface area contributed by atoms with Crippen LogP contribution < -0.4 is 9.44 Å². The first kappa shape index (κ1) is 46.6. The molecule has 0 saturated carbocycles. The molecule has 0 spiro atoms. The maximum atomic E-state index is 13.3. The molecule has 4 aromatic rings. The molecule has 0 aromatic heterocycles. The van der Waals surface area contributed by atoms with Crippen LogP contribution >= 0.6 is 11.6 Å². The van der Waals surface area contributed by atoms with Gasteiger partial charge in [-0.05, 0) is 134 Å². The minimum Gasteiger partial charge on any atom is -0.279 e. The number of halogens is 7. The van der Waals surface area contributed by atoms with Gasteiger partial charge in [0.1, 0.15) is 0 Å². The third-order valence-electron chi connectivity index (χ3n) is 9.06. The summed E-state index contributed by atoms with van der Waals surface area (Å²) in [5.41, 5.74) is 1.89. The molecule has 0 aliphatic heterocycles. The lowest BCUT2D eigenvalue weighted by molar-refractivity contribution is -0.138. The van der Waals surface area contributed by atoms with Gasteiger partial charge in [-0.25, -0.2) is 16.8 Å². The normalized spacial score (nSPS) is 12.9. The molecule has 0 saturated heterocycles. The monoisotopic (exact) mass is 846 g/mol. The summed E-state index contributed by atoms with van der Waals surface area (Å²) in [5, 5.41) is -0.678. The van der Waals surface area contributed by atoms with Crippen molar-refractivity contribution in [2.75, 3.05) is 9.44 Å². The Labute approximate surface area is 332 Å². The lowest BCUT2D eigenvalue weighted by Gasteiger charge is -2.23. The zero-order chi connectivity index (χ0) is 43.3. The largest absolute Gasteiger partial charge is 0.417 e. The fourth-order valence-corrected chi connectivity index (χ4v) is 9.72. The molecule has 0 atom stereocenters. The summed E-state index contributed by atoms with van der Waals surface area (Å²) < 4.78 is 136. The van der Waals surface area contributed by atoms with Gasteiger partial charge in [-0.1, -0.05) is 77.4 Å². The van der Waals surface area contributed by atoms with Gasteiger partial charge in [0.2, 0.25) is 0 Å². The molecular formula is C41H49ClF6N2O4S2. The number of nitrogens with one attached hydrogen (secondary N) is 2. The maximum Gasteiger partial charge on any atom is 0.417 e. The lowest BCUT2D eigenvalue weighted by Crippen LogP contribution is -2.19. The fourth-order valence-electron chi connectivity index (χ4n) is 6.31. The van der Waals surface area contributed by atoms with Crippen LogP contribution in [0.5, 0.6) is 0 Å². The third kappa shape index (κ3) is 10.8. The molecule has 2 N–H and O–H groups in total. The van der Waals surface area contributed by atoms with Gasteiger partial charge >= 0.3 is 12.4 Å². The summed E-state index contributed by atoms with van der Waals surface area (Å²) in [6, 6.07) is 11.8. The second-order valence-electron chi connectivity index (χ2n) is 16.2. The summed E-state index contributed by atoms with van der Waals surface area (Å²) in [6.07, 6.45) is -9.25. The summed E-state index contributed by atoms with van der Waals surface area (Å²) in [5.74, 6) is 0. The van der Waals surface area contributed by atoms with Gasteiger partial charge < -0.3 is 0 Å². The van der Waals surface area contributed by atoms with Crippen LogP contribution in [0.25, 0.3) is 0 Å². The van der Waals surface area contributed by atoms with Crippen molar-refractivity contribution < 1.29 is 43.2 Å². The van der Waals surface area contributed by atoms with Crippen LogP contribution in [0.1, 0.15) is 103 Å². The molecule has 0 aliphatic carbocycles. The second-order valence-corrected chi connectivity index (χ2v) is 19.9. The van der Waals surface area contributed by atoms with Crippen LogP contribution in [0.2, 0.25) is 5.02 Å². The summed E-state index contributed by atoms with van der Waals surface area (Å²) in [7, 11) is -8.20. The van der Waals surface area contributed by atoms with E-state index in [0.29, 0.717) is 27.8 Å². The molecule has 0 fully saturated rings. The number of benzene rings is 4. The standard InChI is InChI=1S/C21H26F3NO2S.C20H23ClF3NO2S/c1-12-8-17(21(22,23)24)15(4)18(9-12)25-28(26,27)19-13(2)10-16(11-14(19)3)20(5,6)7;1-11-7-15(20(22,23)24)17(21)16(8-11)25-28(26,27)18-12(2)9-14(10-13(18)3)19(4,5)6/h8-11,25H,1-7H3;7-10,25H,1-6H3. The number of alkyl halides is 6. The van der Waals surface area contributed by atoms with Gasteiger partial charge in [0.25, 0.3) is 20.0 Å². The Balaban J connectivity index is 0.000000300. The molecule has 6 nitrogen and oxygen atoms in total. The molecule has 0 radical (unpaired) electrons. The number of hydrogen-bond donors (Lipinski definition) is 2. The van der Waals surface area contributed by atoms with Crippen LogP contribution in [0, 0.1) is 48.5 Å². The molecule has 4 rings (SSSR count). The second kappa shape index (κ2) is 15.9. The summed E-state index contributed by atoms with van der Waals surface area (Å²) >= 11 is 5.88. The smallest absolute Gasteiger partial charge is 0.279 e. The van der Waals surface area contributed by atoms with Crippen LogP contribution in [0.15, 0.2) is 58.3 Å². The predicted octanol–water partition coefficient (Wildman–Crippen LogP) is 12.4. The fraction of sp³-hybridized carbons (Fsp3) is 0.415. The molecule has 0 bridgehead atoms. The molecular weight excluding hydrogens is 798 g/mol. The Morgan fingerprint density at radius 3 is 1.11 bits per heavy atom. The Morgan fingerprint density at radius 1 is 0.482 bits per heavy atom. The zero-order valence-electron chi connectivity index (χ0n) is 33.7. The Morgan fingerprint density at radius 2 is 0.786 bits per heavy atom. The van der Waals surface area contributed by atoms with E-state index < -0.39 is 48.5 Å². The Bertz CT molecular complexity index is 2160. The van der Waals surface area contributed by atoms with Crippen LogP contribution in [0.4, 0.5) is 37.7 Å². The van der Waals surface area contributed by atoms with Crippen LogP contribution in [-0.2, 0) is 43.2 Å². The number of anilines is 2. The average molecular weight is 847 g/mol. The molecule has 0 amide bonds. The SMILES string of the molecule is Cc1cc(NS(=O)(=O)c2c(C)cc(C(C)(C)C)cc2C)c(C)c(C(F)(F)F)c1.Cc1cc(NS(=O)(=O)c2c(C)cc(C(C)(C)C)cc2C)c(Cl)c(C(F)(F)F)c1. The van der Waals surface area contributed by atoms with Crippen molar-refractivity contribution in [1.82, 2.24) is 0 Å². The molecule has 308 valence electrons. The maximum absolute atomic E-state index is 13.3. The Hall–Kier alpha value is -3.75. The molecule has 15 heteroatoms. The van der Waals surface area contributed by atoms with Crippen molar-refractivity contribution in [3.63, 3.8) is 0 Å². The number of hydrogen-bond acceptors (Lipinski definition) is 4. The molecule has 0 unspecified atom stereocenters. The van der Waals surface area contributed by atoms with E-state index in [4.69, 9.17) is 11.6 Å². The lowest BCUT2D eigenvalue weighted by atomic mass is 9.85. The highest BCUT2D eigenvalue weighted by atomic mass is 35.5. The van der Waals surface area contributed by atoms with Crippen molar-refractivity contribution >= 4 is 43.0 Å². The third-order valence-corrected chi connectivity index (χ3v) is 12.8. The first-order valence-electron chi connectivity index (χ1n) is 17.4. The van der Waals surface area contributed by atoms with Gasteiger partial charge in [0, 0.05) is 0 Å². The van der Waals surface area contributed by atoms with E-state index >= 15 is 0 Å². The number of aryl methyl sites for hydroxylation is 6. The molecule has 56 heavy (non-hydrogen) atoms. The number of sulfonamides is 2. The van der Waals surface area contributed by atoms with Crippen molar-refractivity contribution in [2.45, 2.75) is 123 Å². The molecule has 0 heterocycles. The highest BCUT2D eigenvalue weighted by Gasteiger charge is 2.36. The van der Waals surface area contributed by atoms with Gasteiger partial charge in [-0.2, -0.15) is 26.3 Å². The Kier molecular flexibility index (Phi) is 13.2. The van der Waals surface area contributed by atoms with E-state index in [1.807, 2.05) is 53.7 Å². The average Bonchev–Trinajstić information content (AvgIpc) is 2.97. The molecule has 0 aliphatic rings. The van der Waals surface area contributed by atoms with Crippen molar-refractivity contribution in [1.29, 1.82) is 0 Å². The highest BCUT2D eigenvalue weighted by molar-refractivity contribution is 7.93. The minimum absolute atomic E-state index is 0.0339. The van der Waals surface area contributed by atoms with Crippen molar-refractivity contribution in [2.24, 2.45) is 0 Å². The van der Waals surface area contributed by atoms with Gasteiger partial charge in [-0.15, -0.1) is 0 Å². The topological polar surface area (TPSA) is 92.3 Å². The van der Waals surface area contributed by atoms with E-state index in [1.54, 1.807) is 39.8 Å². The van der Waals surface area contributed by atoms with Crippen molar-refractivity contribution in [3.8, 4) is 0 Å². The van der Waals surface area contributed by atoms with Gasteiger partial charge in [0.15, 0.2) is 0 Å². The highest BCUT2D eigenvalue weighted by Crippen LogP contribution is 2.41. The first-order valence-corrected chi connectivity index (χ1v) is 20.8. The predicted molar refractivity (Wildman–Crippen MR) is 213 cm³/mol. The summed E-state index contributed by atoms with van der Waals surface area (Å²) in [6.45, 7) is 23.1. The number of rotatable bonds is 6. The van der Waals surface area contributed by atoms with E-state index in [9.17, 15) is 43.2 Å². The zero-order valence-corrected chi connectivity index (χ0v) is 36.1. The quantitative estimate of drug-likeness (QED) is 0.189. The van der Waals surface area contributed by atoms with Crippen LogP contribution in [0.3, 0.4) is 0 Å². The van der Waals surface area contributed by atoms with Gasteiger partial charge in [0.05, 0.1) is 37.3 Å². The van der Waals surface area contributed by atoms with Crippen LogP contribution in [-0.4, -0.2) is 16.8 Å². The summed E-state index contributed by atoms with van der Waals surface area (Å²) in [4.78, 5) is 0.126. The van der Waals surface area contributed by atoms with E-state index in [1.165, 1.54) is 32.9 Å². The minimum atomic E-state index is -4.69. The van der Waals surface area contributed by atoms with E-state index in [2.05, 4.69) is 9.44 Å². The molecule has 4 aromatic carbocycles. The van der Waals surface area contributed by atoms with E-state index in [0.717, 1.165) is 23.3 Å². The van der Waals surface area contributed by atoms with Gasteiger partial charge in [-0.3, -0.25) is 9.44 Å². The first-order chi connectivity index (χ1) is 25.1. The van der Waals surface area contributed by atoms with Crippen molar-refractivity contribution in [3.05, 3.63) is 115 Å². The van der Waals surface area contributed by atoms with E-state index in [-0.39, 0.29) is 43.1 Å².